The van der Waals surface area contributed by atoms with Crippen molar-refractivity contribution in [2.24, 2.45) is 11.1 Å². The van der Waals surface area contributed by atoms with E-state index in [0.717, 1.165) is 13.1 Å². The first-order valence-electron chi connectivity index (χ1n) is 7.24. The van der Waals surface area contributed by atoms with Crippen LogP contribution in [-0.4, -0.2) is 21.6 Å². The summed E-state index contributed by atoms with van der Waals surface area (Å²) in [7, 11) is 0. The Labute approximate surface area is 138 Å². The van der Waals surface area contributed by atoms with Gasteiger partial charge in [0.05, 0.1) is 13.1 Å². The van der Waals surface area contributed by atoms with Crippen LogP contribution >= 0.6 is 12.4 Å². The van der Waals surface area contributed by atoms with Crippen molar-refractivity contribution in [2.75, 3.05) is 6.54 Å². The van der Waals surface area contributed by atoms with E-state index in [0.29, 0.717) is 18.3 Å². The van der Waals surface area contributed by atoms with Crippen LogP contribution < -0.4 is 5.73 Å². The zero-order chi connectivity index (χ0) is 15.3. The number of hydrogen-bond donors (Lipinski definition) is 1. The van der Waals surface area contributed by atoms with Gasteiger partial charge in [-0.3, -0.25) is 4.90 Å². The average Bonchev–Trinajstić information content (AvgIpc) is 2.85. The van der Waals surface area contributed by atoms with Gasteiger partial charge in [0.25, 0.3) is 0 Å². The van der Waals surface area contributed by atoms with Gasteiger partial charge in [-0.05, 0) is 11.0 Å². The van der Waals surface area contributed by atoms with Gasteiger partial charge in [0.1, 0.15) is 0 Å². The van der Waals surface area contributed by atoms with E-state index < -0.39 is 0 Å². The number of benzene rings is 1. The van der Waals surface area contributed by atoms with Gasteiger partial charge >= 0.3 is 0 Å². The zero-order valence-electron chi connectivity index (χ0n) is 13.5. The fraction of sp³-hybridized carbons (Fsp3) is 0.500. The Balaban J connectivity index is 0.00000242. The molecule has 122 valence electrons. The molecule has 0 saturated carbocycles. The summed E-state index contributed by atoms with van der Waals surface area (Å²) in [4.78, 5) is 6.63. The van der Waals surface area contributed by atoms with E-state index in [-0.39, 0.29) is 24.4 Å². The number of nitrogens with two attached hydrogens (primary N) is 1. The SMILES string of the molecule is CC(C)(C)CN(Cc1ccccc1)Cc1noc(CN)n1.Cl. The number of rotatable bonds is 6. The van der Waals surface area contributed by atoms with Crippen LogP contribution in [-0.2, 0) is 19.6 Å². The molecule has 6 heteroatoms. The number of aromatic nitrogens is 2. The summed E-state index contributed by atoms with van der Waals surface area (Å²) in [5, 5.41) is 3.99. The van der Waals surface area contributed by atoms with E-state index >= 15 is 0 Å². The Morgan fingerprint density at radius 3 is 2.36 bits per heavy atom. The van der Waals surface area contributed by atoms with Crippen molar-refractivity contribution in [3.05, 3.63) is 47.6 Å². The smallest absolute Gasteiger partial charge is 0.240 e. The van der Waals surface area contributed by atoms with E-state index in [4.69, 9.17) is 10.3 Å². The molecule has 2 N–H and O–H groups in total. The van der Waals surface area contributed by atoms with Crippen molar-refractivity contribution in [3.63, 3.8) is 0 Å². The normalized spacial score (nSPS) is 11.5. The summed E-state index contributed by atoms with van der Waals surface area (Å²) in [5.74, 6) is 1.18. The summed E-state index contributed by atoms with van der Waals surface area (Å²) in [6, 6.07) is 10.4. The Hall–Kier alpha value is -1.43. The highest BCUT2D eigenvalue weighted by Crippen LogP contribution is 2.18. The highest BCUT2D eigenvalue weighted by Gasteiger charge is 2.19. The monoisotopic (exact) mass is 324 g/mol. The van der Waals surface area contributed by atoms with Crippen molar-refractivity contribution in [1.29, 1.82) is 0 Å². The molecule has 0 bridgehead atoms. The van der Waals surface area contributed by atoms with Crippen LogP contribution in [0.3, 0.4) is 0 Å². The van der Waals surface area contributed by atoms with Crippen LogP contribution in [0, 0.1) is 5.41 Å². The van der Waals surface area contributed by atoms with Crippen LogP contribution in [0.25, 0.3) is 0 Å². The van der Waals surface area contributed by atoms with Crippen LogP contribution in [0.5, 0.6) is 0 Å². The third-order valence-corrected chi connectivity index (χ3v) is 3.00. The molecule has 0 aliphatic rings. The van der Waals surface area contributed by atoms with Gasteiger partial charge < -0.3 is 10.3 Å². The van der Waals surface area contributed by atoms with Crippen LogP contribution in [0.1, 0.15) is 38.0 Å². The molecule has 2 aromatic rings. The first-order valence-corrected chi connectivity index (χ1v) is 7.24. The number of nitrogens with zero attached hydrogens (tertiary/aromatic N) is 3. The lowest BCUT2D eigenvalue weighted by Crippen LogP contribution is -2.32. The maximum atomic E-state index is 5.51. The molecule has 5 nitrogen and oxygen atoms in total. The van der Waals surface area contributed by atoms with Crippen molar-refractivity contribution in [1.82, 2.24) is 15.0 Å². The predicted octanol–water partition coefficient (Wildman–Crippen LogP) is 3.00. The molecule has 0 atom stereocenters. The Bertz CT molecular complexity index is 551. The van der Waals surface area contributed by atoms with Crippen molar-refractivity contribution >= 4 is 12.4 Å². The van der Waals surface area contributed by atoms with Gasteiger partial charge in [0.2, 0.25) is 5.89 Å². The molecule has 0 unspecified atom stereocenters. The average molecular weight is 325 g/mol. The molecule has 0 saturated heterocycles. The van der Waals surface area contributed by atoms with E-state index in [1.807, 2.05) is 6.07 Å². The van der Waals surface area contributed by atoms with Crippen molar-refractivity contribution < 1.29 is 4.52 Å². The van der Waals surface area contributed by atoms with Crippen LogP contribution in [0.2, 0.25) is 0 Å². The third-order valence-electron chi connectivity index (χ3n) is 3.00. The second-order valence-corrected chi connectivity index (χ2v) is 6.50. The topological polar surface area (TPSA) is 68.2 Å². The highest BCUT2D eigenvalue weighted by atomic mass is 35.5. The van der Waals surface area contributed by atoms with Gasteiger partial charge in [0, 0.05) is 13.1 Å². The molecular weight excluding hydrogens is 300 g/mol. The lowest BCUT2D eigenvalue weighted by atomic mass is 9.95. The fourth-order valence-corrected chi connectivity index (χ4v) is 2.32. The Morgan fingerprint density at radius 1 is 1.14 bits per heavy atom. The second kappa shape index (κ2) is 8.27. The quantitative estimate of drug-likeness (QED) is 0.884. The molecule has 1 aromatic carbocycles. The summed E-state index contributed by atoms with van der Waals surface area (Å²) in [6.45, 7) is 9.45. The second-order valence-electron chi connectivity index (χ2n) is 6.50. The molecular formula is C16H25ClN4O. The summed E-state index contributed by atoms with van der Waals surface area (Å²) >= 11 is 0. The lowest BCUT2D eigenvalue weighted by molar-refractivity contribution is 0.171. The maximum Gasteiger partial charge on any atom is 0.240 e. The van der Waals surface area contributed by atoms with Gasteiger partial charge in [-0.25, -0.2) is 0 Å². The minimum Gasteiger partial charge on any atom is -0.338 e. The summed E-state index contributed by atoms with van der Waals surface area (Å²) in [5.41, 5.74) is 6.99. The molecule has 0 fully saturated rings. The van der Waals surface area contributed by atoms with E-state index in [1.165, 1.54) is 5.56 Å². The molecule has 0 aliphatic heterocycles. The van der Waals surface area contributed by atoms with Crippen molar-refractivity contribution in [2.45, 2.75) is 40.4 Å². The maximum absolute atomic E-state index is 5.51. The first-order chi connectivity index (χ1) is 9.96. The molecule has 0 aliphatic carbocycles. The molecule has 1 aromatic heterocycles. The molecule has 2 rings (SSSR count). The molecule has 22 heavy (non-hydrogen) atoms. The molecule has 0 amide bonds. The van der Waals surface area contributed by atoms with Crippen molar-refractivity contribution in [3.8, 4) is 0 Å². The number of hydrogen-bond acceptors (Lipinski definition) is 5. The van der Waals surface area contributed by atoms with Gasteiger partial charge in [0.15, 0.2) is 5.82 Å². The Kier molecular flexibility index (Phi) is 7.00. The minimum absolute atomic E-state index is 0. The van der Waals surface area contributed by atoms with Crippen LogP contribution in [0.15, 0.2) is 34.9 Å². The third kappa shape index (κ3) is 6.13. The molecule has 0 radical (unpaired) electrons. The lowest BCUT2D eigenvalue weighted by Gasteiger charge is -2.29. The highest BCUT2D eigenvalue weighted by molar-refractivity contribution is 5.85. The van der Waals surface area contributed by atoms with Gasteiger partial charge in [-0.1, -0.05) is 56.3 Å². The van der Waals surface area contributed by atoms with Crippen LogP contribution in [0.4, 0.5) is 0 Å². The molecule has 0 spiro atoms. The fourth-order valence-electron chi connectivity index (χ4n) is 2.32. The zero-order valence-corrected chi connectivity index (χ0v) is 14.3. The van der Waals surface area contributed by atoms with Gasteiger partial charge in [-0.15, -0.1) is 12.4 Å². The van der Waals surface area contributed by atoms with E-state index in [9.17, 15) is 0 Å². The summed E-state index contributed by atoms with van der Waals surface area (Å²) in [6.07, 6.45) is 0. The predicted molar refractivity (Wildman–Crippen MR) is 89.4 cm³/mol. The van der Waals surface area contributed by atoms with Gasteiger partial charge in [-0.2, -0.15) is 4.98 Å². The summed E-state index contributed by atoms with van der Waals surface area (Å²) < 4.78 is 5.08. The minimum atomic E-state index is 0. The molecule has 1 heterocycles. The largest absolute Gasteiger partial charge is 0.338 e. The first kappa shape index (κ1) is 18.6. The van der Waals surface area contributed by atoms with E-state index in [2.05, 4.69) is 60.1 Å². The van der Waals surface area contributed by atoms with E-state index in [1.54, 1.807) is 0 Å². The standard InChI is InChI=1S/C16H24N4O.ClH/c1-16(2,3)12-20(10-13-7-5-4-6-8-13)11-14-18-15(9-17)21-19-14;/h4-8H,9-12,17H2,1-3H3;1H. The number of halogens is 1. The Morgan fingerprint density at radius 2 is 1.82 bits per heavy atom.